The maximum absolute atomic E-state index is 13.1. The number of aromatic carboxylic acids is 1. The van der Waals surface area contributed by atoms with Gasteiger partial charge in [0, 0.05) is 22.2 Å². The number of rotatable bonds is 7. The normalized spacial score (nSPS) is 15.6. The molecule has 3 aromatic rings. The largest absolute Gasteiger partial charge is 0.486 e. The summed E-state index contributed by atoms with van der Waals surface area (Å²) in [5.41, 5.74) is 2.16. The van der Waals surface area contributed by atoms with Crippen LogP contribution in [0.25, 0.3) is 6.08 Å². The Morgan fingerprint density at radius 2 is 1.86 bits per heavy atom. The Morgan fingerprint density at radius 1 is 1.14 bits per heavy atom. The van der Waals surface area contributed by atoms with Crippen molar-refractivity contribution in [3.05, 3.63) is 95.2 Å². The zero-order chi connectivity index (χ0) is 26.7. The van der Waals surface area contributed by atoms with E-state index in [0.29, 0.717) is 47.0 Å². The van der Waals surface area contributed by atoms with Gasteiger partial charge in [0.15, 0.2) is 5.17 Å². The topological polar surface area (TPSA) is 79.2 Å². The van der Waals surface area contributed by atoms with Crippen LogP contribution in [0.5, 0.6) is 5.75 Å². The van der Waals surface area contributed by atoms with Crippen LogP contribution in [-0.4, -0.2) is 33.6 Å². The first kappa shape index (κ1) is 27.7. The van der Waals surface area contributed by atoms with Crippen LogP contribution in [0.2, 0.25) is 10.0 Å². The first-order chi connectivity index (χ1) is 17.7. The van der Waals surface area contributed by atoms with E-state index in [1.807, 2.05) is 25.1 Å². The van der Waals surface area contributed by atoms with Gasteiger partial charge >= 0.3 is 5.97 Å². The second-order valence-corrected chi connectivity index (χ2v) is 11.3. The number of nitrogens with zero attached hydrogens (tertiary/aromatic N) is 2. The molecule has 0 atom stereocenters. The van der Waals surface area contributed by atoms with Gasteiger partial charge in [0.1, 0.15) is 12.4 Å². The van der Waals surface area contributed by atoms with Gasteiger partial charge in [-0.15, -0.1) is 0 Å². The van der Waals surface area contributed by atoms with Crippen LogP contribution < -0.4 is 4.74 Å². The third-order valence-electron chi connectivity index (χ3n) is 5.23. The minimum absolute atomic E-state index is 0.130. The van der Waals surface area contributed by atoms with E-state index in [-0.39, 0.29) is 18.1 Å². The fourth-order valence-corrected chi connectivity index (χ4v) is 6.41. The lowest BCUT2D eigenvalue weighted by atomic mass is 10.2. The molecule has 1 fully saturated rings. The molecule has 1 aliphatic rings. The summed E-state index contributed by atoms with van der Waals surface area (Å²) in [4.78, 5) is 30.9. The number of hydrogen-bond donors (Lipinski definition) is 1. The Hall–Kier alpha value is -2.30. The van der Waals surface area contributed by atoms with Gasteiger partial charge in [-0.2, -0.15) is 0 Å². The highest BCUT2D eigenvalue weighted by Crippen LogP contribution is 2.39. The van der Waals surface area contributed by atoms with Gasteiger partial charge in [-0.3, -0.25) is 9.69 Å². The number of hydrogen-bond acceptors (Lipinski definition) is 5. The number of carboxylic acids is 1. The van der Waals surface area contributed by atoms with Crippen LogP contribution in [-0.2, 0) is 11.4 Å². The van der Waals surface area contributed by atoms with Crippen molar-refractivity contribution in [2.24, 2.45) is 4.99 Å². The molecule has 0 aliphatic carbocycles. The molecule has 0 aromatic heterocycles. The van der Waals surface area contributed by atoms with Crippen LogP contribution in [0.3, 0.4) is 0 Å². The molecule has 1 amide bonds. The summed E-state index contributed by atoms with van der Waals surface area (Å²) in [5, 5.41) is 10.8. The molecule has 0 saturated carbocycles. The minimum atomic E-state index is -1.04. The number of amides is 1. The Balaban J connectivity index is 1.57. The Bertz CT molecular complexity index is 1440. The molecule has 0 spiro atoms. The van der Waals surface area contributed by atoms with Crippen LogP contribution in [0, 0.1) is 0 Å². The highest BCUT2D eigenvalue weighted by Gasteiger charge is 2.32. The van der Waals surface area contributed by atoms with E-state index in [1.165, 1.54) is 23.9 Å². The van der Waals surface area contributed by atoms with Gasteiger partial charge in [0.05, 0.1) is 25.1 Å². The number of carbonyl (C=O) groups is 2. The van der Waals surface area contributed by atoms with Gasteiger partial charge in [-0.25, -0.2) is 9.79 Å². The molecule has 1 heterocycles. The zero-order valence-corrected chi connectivity index (χ0v) is 24.7. The monoisotopic (exact) mass is 682 g/mol. The summed E-state index contributed by atoms with van der Waals surface area (Å²) in [6, 6.07) is 15.2. The number of aliphatic imine (C=N–C) groups is 1. The van der Waals surface area contributed by atoms with E-state index >= 15 is 0 Å². The fourth-order valence-electron chi connectivity index (χ4n) is 3.43. The number of thioether (sulfide) groups is 1. The van der Waals surface area contributed by atoms with Crippen LogP contribution in [0.1, 0.15) is 28.4 Å². The summed E-state index contributed by atoms with van der Waals surface area (Å²) < 4.78 is 7.37. The van der Waals surface area contributed by atoms with E-state index in [9.17, 15) is 14.7 Å². The average Bonchev–Trinajstić information content (AvgIpc) is 3.13. The third kappa shape index (κ3) is 6.59. The number of benzene rings is 3. The van der Waals surface area contributed by atoms with Gasteiger partial charge in [-0.05, 0) is 105 Å². The molecule has 3 aromatic carbocycles. The van der Waals surface area contributed by atoms with Crippen LogP contribution >= 0.6 is 66.8 Å². The first-order valence-electron chi connectivity index (χ1n) is 10.9. The smallest absolute Gasteiger partial charge is 0.335 e. The van der Waals surface area contributed by atoms with Gasteiger partial charge in [-0.1, -0.05) is 35.3 Å². The summed E-state index contributed by atoms with van der Waals surface area (Å²) in [6.45, 7) is 2.53. The molecule has 11 heteroatoms. The lowest BCUT2D eigenvalue weighted by Crippen LogP contribution is -2.28. The maximum Gasteiger partial charge on any atom is 0.335 e. The summed E-state index contributed by atoms with van der Waals surface area (Å²) >= 11 is 20.6. The molecule has 0 radical (unpaired) electrons. The molecule has 1 N–H and O–H groups in total. The highest BCUT2D eigenvalue weighted by molar-refractivity contribution is 9.11. The van der Waals surface area contributed by atoms with Crippen molar-refractivity contribution in [3.63, 3.8) is 0 Å². The SMILES string of the molecule is CCN1C(=O)/C(=C/c2cc(Br)c(OCc3ccc(Cl)cc3Cl)c(Br)c2)SC1=Nc1cccc(C(=O)O)c1. The Labute approximate surface area is 244 Å². The molecular formula is C26H18Br2Cl2N2O4S. The molecule has 4 rings (SSSR count). The van der Waals surface area contributed by atoms with Crippen molar-refractivity contribution in [1.29, 1.82) is 0 Å². The van der Waals surface area contributed by atoms with Gasteiger partial charge < -0.3 is 9.84 Å². The summed E-state index contributed by atoms with van der Waals surface area (Å²) in [7, 11) is 0. The Morgan fingerprint density at radius 3 is 2.51 bits per heavy atom. The second kappa shape index (κ2) is 12.0. The molecule has 1 aliphatic heterocycles. The molecule has 6 nitrogen and oxygen atoms in total. The molecule has 0 unspecified atom stereocenters. The van der Waals surface area contributed by atoms with Crippen molar-refractivity contribution in [1.82, 2.24) is 4.90 Å². The van der Waals surface area contributed by atoms with Crippen molar-refractivity contribution >= 4 is 95.6 Å². The van der Waals surface area contributed by atoms with Crippen molar-refractivity contribution in [3.8, 4) is 5.75 Å². The van der Waals surface area contributed by atoms with E-state index in [1.54, 1.807) is 35.2 Å². The molecule has 37 heavy (non-hydrogen) atoms. The second-order valence-electron chi connectivity index (χ2n) is 7.75. The van der Waals surface area contributed by atoms with Gasteiger partial charge in [0.25, 0.3) is 5.91 Å². The fraction of sp³-hybridized carbons (Fsp3) is 0.115. The molecule has 1 saturated heterocycles. The number of carboxylic acid groups (broad SMARTS) is 1. The highest BCUT2D eigenvalue weighted by atomic mass is 79.9. The number of carbonyl (C=O) groups excluding carboxylic acids is 1. The quantitative estimate of drug-likeness (QED) is 0.253. The van der Waals surface area contributed by atoms with Crippen molar-refractivity contribution in [2.75, 3.05) is 6.54 Å². The van der Waals surface area contributed by atoms with Gasteiger partial charge in [0.2, 0.25) is 0 Å². The zero-order valence-electron chi connectivity index (χ0n) is 19.2. The average molecular weight is 685 g/mol. The van der Waals surface area contributed by atoms with Crippen LogP contribution in [0.4, 0.5) is 5.69 Å². The standard InChI is InChI=1S/C26H18Br2Cl2N2O4S/c1-2-32-24(33)22(37-26(32)31-18-5-3-4-15(11-18)25(34)35)10-14-8-19(27)23(20(28)9-14)36-13-16-6-7-17(29)12-21(16)30/h3-12H,2,13H2,1H3,(H,34,35)/b22-10-,31-26?. The molecular weight excluding hydrogens is 667 g/mol. The molecule has 0 bridgehead atoms. The van der Waals surface area contributed by atoms with E-state index < -0.39 is 5.97 Å². The summed E-state index contributed by atoms with van der Waals surface area (Å²) in [5.74, 6) is -0.620. The number of ether oxygens (including phenoxy) is 1. The third-order valence-corrected chi connectivity index (χ3v) is 8.00. The number of likely N-dealkylation sites (N-methyl/N-ethyl adjacent to an activating group) is 1. The first-order valence-corrected chi connectivity index (χ1v) is 14.0. The number of amidine groups is 1. The van der Waals surface area contributed by atoms with E-state index in [2.05, 4.69) is 36.9 Å². The van der Waals surface area contributed by atoms with Crippen LogP contribution in [0.15, 0.2) is 73.4 Å². The predicted molar refractivity (Wildman–Crippen MR) is 156 cm³/mol. The molecule has 190 valence electrons. The van der Waals surface area contributed by atoms with Crippen molar-refractivity contribution < 1.29 is 19.4 Å². The number of halogens is 4. The van der Waals surface area contributed by atoms with Crippen molar-refractivity contribution in [2.45, 2.75) is 13.5 Å². The predicted octanol–water partition coefficient (Wildman–Crippen LogP) is 8.42. The summed E-state index contributed by atoms with van der Waals surface area (Å²) in [6.07, 6.45) is 1.78. The maximum atomic E-state index is 13.1. The lowest BCUT2D eigenvalue weighted by Gasteiger charge is -2.13. The lowest BCUT2D eigenvalue weighted by molar-refractivity contribution is -0.122. The van der Waals surface area contributed by atoms with E-state index in [0.717, 1.165) is 11.1 Å². The van der Waals surface area contributed by atoms with E-state index in [4.69, 9.17) is 27.9 Å². The minimum Gasteiger partial charge on any atom is -0.486 e. The Kier molecular flexibility index (Phi) is 9.03.